The van der Waals surface area contributed by atoms with Gasteiger partial charge < -0.3 is 19.5 Å². The van der Waals surface area contributed by atoms with Gasteiger partial charge in [-0.05, 0) is 18.2 Å². The van der Waals surface area contributed by atoms with Gasteiger partial charge in [-0.2, -0.15) is 13.2 Å². The lowest BCUT2D eigenvalue weighted by molar-refractivity contribution is -0.222. The summed E-state index contributed by atoms with van der Waals surface area (Å²) in [6, 6.07) is 3.85. The molecular weight excluding hydrogens is 367 g/mol. The molecule has 0 spiro atoms. The summed E-state index contributed by atoms with van der Waals surface area (Å²) in [6.45, 7) is 1.34. The van der Waals surface area contributed by atoms with Gasteiger partial charge in [0.2, 0.25) is 0 Å². The Balaban J connectivity index is 2.07. The van der Waals surface area contributed by atoms with Crippen molar-refractivity contribution >= 4 is 29.2 Å². The van der Waals surface area contributed by atoms with Crippen LogP contribution < -0.4 is 10.1 Å². The molecule has 1 N–H and O–H groups in total. The van der Waals surface area contributed by atoms with Crippen LogP contribution in [-0.2, 0) is 19.1 Å². The van der Waals surface area contributed by atoms with E-state index in [0.29, 0.717) is 5.69 Å². The lowest BCUT2D eigenvalue weighted by Gasteiger charge is -2.29. The lowest BCUT2D eigenvalue weighted by atomic mass is 10.2. The van der Waals surface area contributed by atoms with E-state index in [1.54, 1.807) is 0 Å². The number of carbonyl (C=O) groups is 2. The SMILES string of the molecule is CC1(C)OC(=O)C(=CNc2ccc(OCC(F)(F)F)c(Cl)c2)C(=O)O1. The predicted molar refractivity (Wildman–Crippen MR) is 81.0 cm³/mol. The van der Waals surface area contributed by atoms with E-state index >= 15 is 0 Å². The van der Waals surface area contributed by atoms with E-state index in [9.17, 15) is 22.8 Å². The predicted octanol–water partition coefficient (Wildman–Crippen LogP) is 3.41. The largest absolute Gasteiger partial charge is 0.483 e. The highest BCUT2D eigenvalue weighted by Gasteiger charge is 2.39. The summed E-state index contributed by atoms with van der Waals surface area (Å²) in [5, 5.41) is 2.54. The fourth-order valence-corrected chi connectivity index (χ4v) is 2.04. The summed E-state index contributed by atoms with van der Waals surface area (Å²) >= 11 is 5.84. The topological polar surface area (TPSA) is 73.9 Å². The number of hydrogen-bond acceptors (Lipinski definition) is 6. The molecule has 1 saturated heterocycles. The minimum atomic E-state index is -4.49. The quantitative estimate of drug-likeness (QED) is 0.491. The van der Waals surface area contributed by atoms with Gasteiger partial charge in [-0.25, -0.2) is 9.59 Å². The third-order valence-corrected chi connectivity index (χ3v) is 3.12. The number of anilines is 1. The zero-order chi connectivity index (χ0) is 18.8. The van der Waals surface area contributed by atoms with Gasteiger partial charge in [0, 0.05) is 25.7 Å². The van der Waals surface area contributed by atoms with E-state index in [-0.39, 0.29) is 16.3 Å². The maximum Gasteiger partial charge on any atom is 0.422 e. The summed E-state index contributed by atoms with van der Waals surface area (Å²) in [7, 11) is 0. The summed E-state index contributed by atoms with van der Waals surface area (Å²) < 4.78 is 50.8. The van der Waals surface area contributed by atoms with Crippen LogP contribution in [0, 0.1) is 0 Å². The van der Waals surface area contributed by atoms with E-state index in [1.807, 2.05) is 0 Å². The van der Waals surface area contributed by atoms with E-state index in [4.69, 9.17) is 21.1 Å². The number of hydrogen-bond donors (Lipinski definition) is 1. The van der Waals surface area contributed by atoms with Crippen molar-refractivity contribution in [2.45, 2.75) is 25.8 Å². The average Bonchev–Trinajstić information content (AvgIpc) is 2.43. The Bertz CT molecular complexity index is 708. The molecule has 10 heteroatoms. The van der Waals surface area contributed by atoms with Crippen molar-refractivity contribution in [1.82, 2.24) is 0 Å². The highest BCUT2D eigenvalue weighted by Crippen LogP contribution is 2.30. The summed E-state index contributed by atoms with van der Waals surface area (Å²) in [6.07, 6.45) is -3.43. The molecule has 1 aromatic rings. The van der Waals surface area contributed by atoms with Crippen molar-refractivity contribution in [2.75, 3.05) is 11.9 Å². The van der Waals surface area contributed by atoms with Crippen molar-refractivity contribution < 1.29 is 37.0 Å². The maximum atomic E-state index is 12.1. The van der Waals surface area contributed by atoms with Crippen LogP contribution in [0.2, 0.25) is 5.02 Å². The van der Waals surface area contributed by atoms with Crippen molar-refractivity contribution in [1.29, 1.82) is 0 Å². The second kappa shape index (κ2) is 6.83. The van der Waals surface area contributed by atoms with Crippen LogP contribution in [0.3, 0.4) is 0 Å². The van der Waals surface area contributed by atoms with Gasteiger partial charge in [0.15, 0.2) is 12.2 Å². The lowest BCUT2D eigenvalue weighted by Crippen LogP contribution is -2.42. The Morgan fingerprint density at radius 1 is 1.24 bits per heavy atom. The van der Waals surface area contributed by atoms with Crippen molar-refractivity contribution in [3.8, 4) is 5.75 Å². The van der Waals surface area contributed by atoms with Crippen LogP contribution in [0.5, 0.6) is 5.75 Å². The molecule has 0 aliphatic carbocycles. The molecule has 1 aliphatic heterocycles. The van der Waals surface area contributed by atoms with E-state index in [2.05, 4.69) is 10.1 Å². The first-order valence-electron chi connectivity index (χ1n) is 6.89. The Hall–Kier alpha value is -2.42. The fraction of sp³-hybridized carbons (Fsp3) is 0.333. The molecule has 1 heterocycles. The van der Waals surface area contributed by atoms with Crippen LogP contribution in [0.1, 0.15) is 13.8 Å². The monoisotopic (exact) mass is 379 g/mol. The molecule has 6 nitrogen and oxygen atoms in total. The molecule has 25 heavy (non-hydrogen) atoms. The number of alkyl halides is 3. The number of esters is 2. The van der Waals surface area contributed by atoms with Crippen LogP contribution in [0.4, 0.5) is 18.9 Å². The molecule has 0 aromatic heterocycles. The van der Waals surface area contributed by atoms with E-state index in [0.717, 1.165) is 6.20 Å². The molecule has 0 amide bonds. The molecule has 0 atom stereocenters. The molecular formula is C15H13ClF3NO5. The number of cyclic esters (lactones) is 2. The van der Waals surface area contributed by atoms with Crippen LogP contribution in [0.15, 0.2) is 30.0 Å². The maximum absolute atomic E-state index is 12.1. The van der Waals surface area contributed by atoms with Crippen molar-refractivity contribution in [3.05, 3.63) is 35.0 Å². The van der Waals surface area contributed by atoms with Crippen LogP contribution in [-0.4, -0.2) is 30.5 Å². The van der Waals surface area contributed by atoms with Crippen molar-refractivity contribution in [3.63, 3.8) is 0 Å². The van der Waals surface area contributed by atoms with Gasteiger partial charge in [-0.1, -0.05) is 11.6 Å². The van der Waals surface area contributed by atoms with Gasteiger partial charge in [0.05, 0.1) is 5.02 Å². The number of nitrogens with one attached hydrogen (secondary N) is 1. The first kappa shape index (κ1) is 18.9. The Labute approximate surface area is 145 Å². The van der Waals surface area contributed by atoms with E-state index < -0.39 is 30.5 Å². The number of carbonyl (C=O) groups excluding carboxylic acids is 2. The molecule has 0 radical (unpaired) electrons. The molecule has 1 aromatic carbocycles. The fourth-order valence-electron chi connectivity index (χ4n) is 1.80. The Kier molecular flexibility index (Phi) is 5.17. The highest BCUT2D eigenvalue weighted by molar-refractivity contribution is 6.32. The first-order chi connectivity index (χ1) is 11.5. The average molecular weight is 380 g/mol. The molecule has 2 rings (SSSR count). The zero-order valence-corrected chi connectivity index (χ0v) is 13.8. The molecule has 0 unspecified atom stereocenters. The second-order valence-corrected chi connectivity index (χ2v) is 5.84. The molecule has 0 saturated carbocycles. The molecule has 0 bridgehead atoms. The van der Waals surface area contributed by atoms with Gasteiger partial charge in [0.25, 0.3) is 5.79 Å². The van der Waals surface area contributed by atoms with Gasteiger partial charge in [-0.3, -0.25) is 0 Å². The number of ether oxygens (including phenoxy) is 3. The summed E-state index contributed by atoms with van der Waals surface area (Å²) in [5.41, 5.74) is -0.0601. The Morgan fingerprint density at radius 2 is 1.84 bits per heavy atom. The number of rotatable bonds is 4. The third kappa shape index (κ3) is 5.28. The normalized spacial score (nSPS) is 16.8. The standard InChI is InChI=1S/C15H13ClF3NO5/c1-14(2)24-12(21)9(13(22)25-14)6-20-8-3-4-11(10(16)5-8)23-7-15(17,18)19/h3-6,20H,7H2,1-2H3. The number of benzene rings is 1. The molecule has 1 fully saturated rings. The van der Waals surface area contributed by atoms with Crippen LogP contribution in [0.25, 0.3) is 0 Å². The van der Waals surface area contributed by atoms with Gasteiger partial charge in [-0.15, -0.1) is 0 Å². The smallest absolute Gasteiger partial charge is 0.422 e. The number of halogens is 4. The first-order valence-corrected chi connectivity index (χ1v) is 7.27. The third-order valence-electron chi connectivity index (χ3n) is 2.82. The second-order valence-electron chi connectivity index (χ2n) is 5.43. The summed E-state index contributed by atoms with van der Waals surface area (Å²) in [5.74, 6) is -3.25. The minimum absolute atomic E-state index is 0.0809. The van der Waals surface area contributed by atoms with Gasteiger partial charge in [0.1, 0.15) is 5.75 Å². The minimum Gasteiger partial charge on any atom is -0.483 e. The highest BCUT2D eigenvalue weighted by atomic mass is 35.5. The van der Waals surface area contributed by atoms with Crippen molar-refractivity contribution in [2.24, 2.45) is 0 Å². The molecule has 136 valence electrons. The van der Waals surface area contributed by atoms with Crippen LogP contribution >= 0.6 is 11.6 Å². The van der Waals surface area contributed by atoms with E-state index in [1.165, 1.54) is 32.0 Å². The summed E-state index contributed by atoms with van der Waals surface area (Å²) in [4.78, 5) is 23.5. The molecule has 1 aliphatic rings. The Morgan fingerprint density at radius 3 is 2.36 bits per heavy atom. The zero-order valence-electron chi connectivity index (χ0n) is 13.1. The van der Waals surface area contributed by atoms with Gasteiger partial charge >= 0.3 is 18.1 Å².